The molecule has 2 aromatic carbocycles. The van der Waals surface area contributed by atoms with Crippen molar-refractivity contribution in [2.75, 3.05) is 0 Å². The van der Waals surface area contributed by atoms with Gasteiger partial charge < -0.3 is 4.74 Å². The van der Waals surface area contributed by atoms with Crippen LogP contribution in [0.3, 0.4) is 0 Å². The van der Waals surface area contributed by atoms with Gasteiger partial charge in [0.1, 0.15) is 22.5 Å². The van der Waals surface area contributed by atoms with Crippen LogP contribution in [0.15, 0.2) is 36.4 Å². The molecule has 6 heteroatoms. The number of benzene rings is 2. The predicted octanol–water partition coefficient (Wildman–Crippen LogP) is 4.79. The molecular weight excluding hydrogens is 291 g/mol. The highest BCUT2D eigenvalue weighted by molar-refractivity contribution is 7.00. The van der Waals surface area contributed by atoms with Crippen molar-refractivity contribution in [1.82, 2.24) is 8.75 Å². The molecule has 0 atom stereocenters. The molecule has 0 aliphatic carbocycles. The summed E-state index contributed by atoms with van der Waals surface area (Å²) in [5.41, 5.74) is 1.66. The zero-order chi connectivity index (χ0) is 12.5. The maximum absolute atomic E-state index is 6.04. The molecule has 0 fully saturated rings. The molecule has 1 aromatic heterocycles. The second-order valence-corrected chi connectivity index (χ2v) is 4.96. The lowest BCUT2D eigenvalue weighted by Gasteiger charge is -2.07. The minimum atomic E-state index is 0.471. The van der Waals surface area contributed by atoms with Gasteiger partial charge in [-0.1, -0.05) is 23.2 Å². The first kappa shape index (κ1) is 11.7. The van der Waals surface area contributed by atoms with Crippen LogP contribution in [-0.2, 0) is 0 Å². The van der Waals surface area contributed by atoms with E-state index in [0.29, 0.717) is 21.5 Å². The van der Waals surface area contributed by atoms with Crippen LogP contribution in [0.2, 0.25) is 10.0 Å². The summed E-state index contributed by atoms with van der Waals surface area (Å²) in [5.74, 6) is 1.23. The third-order valence-corrected chi connectivity index (χ3v) is 3.43. The van der Waals surface area contributed by atoms with Crippen molar-refractivity contribution in [2.24, 2.45) is 0 Å². The van der Waals surface area contributed by atoms with E-state index in [0.717, 1.165) is 11.0 Å². The topological polar surface area (TPSA) is 35.0 Å². The molecule has 0 radical (unpaired) electrons. The predicted molar refractivity (Wildman–Crippen MR) is 74.0 cm³/mol. The summed E-state index contributed by atoms with van der Waals surface area (Å²) in [5, 5.41) is 1.05. The lowest BCUT2D eigenvalue weighted by molar-refractivity contribution is 0.483. The largest absolute Gasteiger partial charge is 0.456 e. The fourth-order valence-electron chi connectivity index (χ4n) is 1.51. The van der Waals surface area contributed by atoms with E-state index in [1.165, 1.54) is 11.7 Å². The summed E-state index contributed by atoms with van der Waals surface area (Å²) < 4.78 is 14.0. The lowest BCUT2D eigenvalue weighted by Crippen LogP contribution is -1.85. The van der Waals surface area contributed by atoms with Crippen LogP contribution in [0.4, 0.5) is 0 Å². The SMILES string of the molecule is Clc1ccc(Oc2ccc3nsnc3c2)c(Cl)c1. The highest BCUT2D eigenvalue weighted by Gasteiger charge is 2.06. The van der Waals surface area contributed by atoms with Crippen LogP contribution < -0.4 is 4.74 Å². The summed E-state index contributed by atoms with van der Waals surface area (Å²) in [4.78, 5) is 0. The van der Waals surface area contributed by atoms with Crippen molar-refractivity contribution in [3.05, 3.63) is 46.4 Å². The number of nitrogens with zero attached hydrogens (tertiary/aromatic N) is 2. The second kappa shape index (κ2) is 4.72. The molecule has 0 bridgehead atoms. The van der Waals surface area contributed by atoms with E-state index in [-0.39, 0.29) is 0 Å². The maximum atomic E-state index is 6.04. The van der Waals surface area contributed by atoms with Crippen molar-refractivity contribution >= 4 is 46.0 Å². The van der Waals surface area contributed by atoms with E-state index in [2.05, 4.69) is 8.75 Å². The molecule has 3 aromatic rings. The number of rotatable bonds is 2. The summed E-state index contributed by atoms with van der Waals surface area (Å²) in [6.07, 6.45) is 0. The Hall–Kier alpha value is -1.36. The van der Waals surface area contributed by atoms with Crippen LogP contribution in [0.5, 0.6) is 11.5 Å². The van der Waals surface area contributed by atoms with Crippen LogP contribution in [0.25, 0.3) is 11.0 Å². The number of fused-ring (bicyclic) bond motifs is 1. The van der Waals surface area contributed by atoms with E-state index >= 15 is 0 Å². The first-order valence-corrected chi connectivity index (χ1v) is 6.56. The smallest absolute Gasteiger partial charge is 0.146 e. The van der Waals surface area contributed by atoms with Crippen LogP contribution in [0.1, 0.15) is 0 Å². The monoisotopic (exact) mass is 296 g/mol. The fourth-order valence-corrected chi connectivity index (χ4v) is 2.47. The van der Waals surface area contributed by atoms with Crippen LogP contribution >= 0.6 is 34.9 Å². The second-order valence-electron chi connectivity index (χ2n) is 3.59. The molecule has 0 spiro atoms. The van der Waals surface area contributed by atoms with Gasteiger partial charge in [0.05, 0.1) is 16.8 Å². The summed E-state index contributed by atoms with van der Waals surface area (Å²) in [6, 6.07) is 10.6. The van der Waals surface area contributed by atoms with Crippen molar-refractivity contribution in [3.8, 4) is 11.5 Å². The van der Waals surface area contributed by atoms with E-state index < -0.39 is 0 Å². The van der Waals surface area contributed by atoms with Gasteiger partial charge in [0, 0.05) is 11.1 Å². The molecule has 0 unspecified atom stereocenters. The number of hydrogen-bond acceptors (Lipinski definition) is 4. The third kappa shape index (κ3) is 2.27. The van der Waals surface area contributed by atoms with Crippen molar-refractivity contribution < 1.29 is 4.74 Å². The van der Waals surface area contributed by atoms with E-state index in [9.17, 15) is 0 Å². The fraction of sp³-hybridized carbons (Fsp3) is 0. The molecule has 3 nitrogen and oxygen atoms in total. The summed E-state index contributed by atoms with van der Waals surface area (Å²) in [7, 11) is 0. The highest BCUT2D eigenvalue weighted by atomic mass is 35.5. The molecule has 1 heterocycles. The van der Waals surface area contributed by atoms with Gasteiger partial charge in [-0.2, -0.15) is 8.75 Å². The van der Waals surface area contributed by atoms with Crippen molar-refractivity contribution in [2.45, 2.75) is 0 Å². The first-order valence-electron chi connectivity index (χ1n) is 5.07. The number of hydrogen-bond donors (Lipinski definition) is 0. The zero-order valence-corrected chi connectivity index (χ0v) is 11.3. The molecule has 0 aliphatic heterocycles. The minimum Gasteiger partial charge on any atom is -0.456 e. The molecule has 0 amide bonds. The molecule has 0 saturated heterocycles. The number of ether oxygens (including phenoxy) is 1. The van der Waals surface area contributed by atoms with E-state index in [1.54, 1.807) is 18.2 Å². The first-order chi connectivity index (χ1) is 8.72. The molecular formula is C12H6Cl2N2OS. The Kier molecular flexibility index (Phi) is 3.07. The Balaban J connectivity index is 1.95. The third-order valence-electron chi connectivity index (χ3n) is 2.35. The number of halogens is 2. The van der Waals surface area contributed by atoms with Crippen molar-refractivity contribution in [1.29, 1.82) is 0 Å². The van der Waals surface area contributed by atoms with Gasteiger partial charge in [-0.25, -0.2) is 0 Å². The Morgan fingerprint density at radius 2 is 1.78 bits per heavy atom. The van der Waals surface area contributed by atoms with Crippen LogP contribution in [-0.4, -0.2) is 8.75 Å². The molecule has 0 N–H and O–H groups in total. The molecule has 0 aliphatic rings. The minimum absolute atomic E-state index is 0.471. The van der Waals surface area contributed by atoms with Gasteiger partial charge in [0.2, 0.25) is 0 Å². The Labute approximate surface area is 117 Å². The standard InChI is InChI=1S/C12H6Cl2N2OS/c13-7-1-4-12(9(14)5-7)17-8-2-3-10-11(6-8)16-18-15-10/h1-6H. The van der Waals surface area contributed by atoms with Gasteiger partial charge in [-0.05, 0) is 30.3 Å². The zero-order valence-electron chi connectivity index (χ0n) is 8.93. The van der Waals surface area contributed by atoms with Crippen LogP contribution in [0, 0.1) is 0 Å². The number of aromatic nitrogens is 2. The van der Waals surface area contributed by atoms with Gasteiger partial charge in [0.25, 0.3) is 0 Å². The molecule has 3 rings (SSSR count). The average molecular weight is 297 g/mol. The Morgan fingerprint density at radius 3 is 2.61 bits per heavy atom. The van der Waals surface area contributed by atoms with Gasteiger partial charge in [-0.3, -0.25) is 0 Å². The van der Waals surface area contributed by atoms with Crippen molar-refractivity contribution in [3.63, 3.8) is 0 Å². The lowest BCUT2D eigenvalue weighted by atomic mass is 10.3. The van der Waals surface area contributed by atoms with Gasteiger partial charge >= 0.3 is 0 Å². The molecule has 18 heavy (non-hydrogen) atoms. The summed E-state index contributed by atoms with van der Waals surface area (Å²) >= 11 is 13.0. The average Bonchev–Trinajstić information content (AvgIpc) is 2.80. The molecule has 0 saturated carbocycles. The maximum Gasteiger partial charge on any atom is 0.146 e. The van der Waals surface area contributed by atoms with E-state index in [1.807, 2.05) is 18.2 Å². The summed E-state index contributed by atoms with van der Waals surface area (Å²) in [6.45, 7) is 0. The normalized spacial score (nSPS) is 10.8. The van der Waals surface area contributed by atoms with Gasteiger partial charge in [0.15, 0.2) is 0 Å². The highest BCUT2D eigenvalue weighted by Crippen LogP contribution is 2.32. The quantitative estimate of drug-likeness (QED) is 0.682. The Bertz CT molecular complexity index is 714. The Morgan fingerprint density at radius 1 is 0.944 bits per heavy atom. The molecule has 90 valence electrons. The van der Waals surface area contributed by atoms with E-state index in [4.69, 9.17) is 27.9 Å². The van der Waals surface area contributed by atoms with Gasteiger partial charge in [-0.15, -0.1) is 0 Å².